The molecule has 1 aromatic carbocycles. The lowest BCUT2D eigenvalue weighted by Crippen LogP contribution is -2.38. The largest absolute Gasteiger partial charge is 0.496 e. The summed E-state index contributed by atoms with van der Waals surface area (Å²) in [4.78, 5) is 4.62. The van der Waals surface area contributed by atoms with E-state index in [1.165, 1.54) is 5.56 Å². The maximum absolute atomic E-state index is 5.36. The molecule has 0 atom stereocenters. The number of para-hydroxylation sites is 1. The van der Waals surface area contributed by atoms with Gasteiger partial charge in [0.15, 0.2) is 5.96 Å². The predicted molar refractivity (Wildman–Crippen MR) is 92.7 cm³/mol. The van der Waals surface area contributed by atoms with Crippen molar-refractivity contribution in [2.24, 2.45) is 12.0 Å². The Hall–Kier alpha value is -2.50. The van der Waals surface area contributed by atoms with E-state index in [2.05, 4.69) is 27.6 Å². The second-order valence-electron chi connectivity index (χ2n) is 5.21. The molecule has 2 N–H and O–H groups in total. The molecule has 0 aliphatic rings. The van der Waals surface area contributed by atoms with Crippen LogP contribution in [-0.4, -0.2) is 35.9 Å². The lowest BCUT2D eigenvalue weighted by Gasteiger charge is -2.11. The summed E-state index contributed by atoms with van der Waals surface area (Å²) in [5.41, 5.74) is 2.28. The fourth-order valence-electron chi connectivity index (χ4n) is 2.27. The first-order valence-corrected chi connectivity index (χ1v) is 7.84. The summed E-state index contributed by atoms with van der Waals surface area (Å²) in [5, 5.41) is 10.8. The van der Waals surface area contributed by atoms with E-state index in [1.54, 1.807) is 7.11 Å². The number of nitrogens with one attached hydrogen (secondary N) is 2. The molecular formula is C17H25N5O. The monoisotopic (exact) mass is 315 g/mol. The Bertz CT molecular complexity index is 635. The Morgan fingerprint density at radius 2 is 2.13 bits per heavy atom. The zero-order chi connectivity index (χ0) is 16.5. The van der Waals surface area contributed by atoms with Crippen molar-refractivity contribution in [1.29, 1.82) is 0 Å². The third-order valence-corrected chi connectivity index (χ3v) is 3.41. The van der Waals surface area contributed by atoms with Gasteiger partial charge >= 0.3 is 0 Å². The summed E-state index contributed by atoms with van der Waals surface area (Å²) in [7, 11) is 3.61. The third kappa shape index (κ3) is 5.32. The van der Waals surface area contributed by atoms with E-state index in [1.807, 2.05) is 48.4 Å². The highest BCUT2D eigenvalue weighted by Gasteiger charge is 2.03. The van der Waals surface area contributed by atoms with Crippen LogP contribution in [-0.2, 0) is 20.0 Å². The molecule has 6 nitrogen and oxygen atoms in total. The number of aliphatic imine (C=N–C) groups is 1. The maximum atomic E-state index is 5.36. The lowest BCUT2D eigenvalue weighted by molar-refractivity contribution is 0.410. The molecule has 0 aliphatic heterocycles. The number of hydrogen-bond acceptors (Lipinski definition) is 3. The minimum atomic E-state index is 0.576. The molecule has 1 aromatic heterocycles. The van der Waals surface area contributed by atoms with E-state index in [-0.39, 0.29) is 0 Å². The number of benzene rings is 1. The fourth-order valence-corrected chi connectivity index (χ4v) is 2.27. The van der Waals surface area contributed by atoms with Crippen LogP contribution >= 0.6 is 0 Å². The van der Waals surface area contributed by atoms with Crippen molar-refractivity contribution in [3.05, 3.63) is 47.8 Å². The molecule has 2 rings (SSSR count). The minimum absolute atomic E-state index is 0.576. The van der Waals surface area contributed by atoms with Gasteiger partial charge in [0.25, 0.3) is 0 Å². The lowest BCUT2D eigenvalue weighted by atomic mass is 10.2. The smallest absolute Gasteiger partial charge is 0.191 e. The maximum Gasteiger partial charge on any atom is 0.191 e. The Morgan fingerprint density at radius 3 is 2.83 bits per heavy atom. The molecule has 0 saturated heterocycles. The van der Waals surface area contributed by atoms with Crippen LogP contribution < -0.4 is 15.4 Å². The molecule has 0 spiro atoms. The van der Waals surface area contributed by atoms with Crippen molar-refractivity contribution in [3.8, 4) is 5.75 Å². The van der Waals surface area contributed by atoms with Crippen LogP contribution in [0.25, 0.3) is 0 Å². The molecular weight excluding hydrogens is 290 g/mol. The average molecular weight is 315 g/mol. The van der Waals surface area contributed by atoms with E-state index >= 15 is 0 Å². The highest BCUT2D eigenvalue weighted by Crippen LogP contribution is 2.17. The molecule has 0 saturated carbocycles. The van der Waals surface area contributed by atoms with Gasteiger partial charge in [0, 0.05) is 31.9 Å². The van der Waals surface area contributed by atoms with E-state index in [0.717, 1.165) is 36.8 Å². The first-order valence-electron chi connectivity index (χ1n) is 7.84. The van der Waals surface area contributed by atoms with Crippen LogP contribution in [0.15, 0.2) is 41.7 Å². The molecule has 0 unspecified atom stereocenters. The van der Waals surface area contributed by atoms with Gasteiger partial charge in [0.2, 0.25) is 0 Å². The number of nitrogens with zero attached hydrogens (tertiary/aromatic N) is 3. The van der Waals surface area contributed by atoms with Gasteiger partial charge in [-0.05, 0) is 25.0 Å². The van der Waals surface area contributed by atoms with Gasteiger partial charge in [-0.3, -0.25) is 4.68 Å². The SMILES string of the molecule is CCNC(=NCc1ccccc1OC)NCCc1cnn(C)c1. The number of rotatable bonds is 7. The Kier molecular flexibility index (Phi) is 6.47. The van der Waals surface area contributed by atoms with Crippen LogP contribution in [0, 0.1) is 0 Å². The van der Waals surface area contributed by atoms with Gasteiger partial charge in [-0.1, -0.05) is 18.2 Å². The number of aryl methyl sites for hydroxylation is 1. The first-order chi connectivity index (χ1) is 11.2. The van der Waals surface area contributed by atoms with E-state index < -0.39 is 0 Å². The van der Waals surface area contributed by atoms with E-state index in [0.29, 0.717) is 6.54 Å². The Morgan fingerprint density at radius 1 is 1.30 bits per heavy atom. The Balaban J connectivity index is 1.91. The highest BCUT2D eigenvalue weighted by molar-refractivity contribution is 5.79. The van der Waals surface area contributed by atoms with Crippen LogP contribution in [0.1, 0.15) is 18.1 Å². The van der Waals surface area contributed by atoms with Crippen molar-refractivity contribution >= 4 is 5.96 Å². The van der Waals surface area contributed by atoms with Crippen LogP contribution in [0.5, 0.6) is 5.75 Å². The van der Waals surface area contributed by atoms with Crippen molar-refractivity contribution in [3.63, 3.8) is 0 Å². The van der Waals surface area contributed by atoms with Gasteiger partial charge < -0.3 is 15.4 Å². The summed E-state index contributed by atoms with van der Waals surface area (Å²) in [5.74, 6) is 1.67. The molecule has 2 aromatic rings. The normalized spacial score (nSPS) is 11.3. The second-order valence-corrected chi connectivity index (χ2v) is 5.21. The van der Waals surface area contributed by atoms with E-state index in [9.17, 15) is 0 Å². The van der Waals surface area contributed by atoms with Gasteiger partial charge in [-0.2, -0.15) is 5.10 Å². The number of guanidine groups is 1. The van der Waals surface area contributed by atoms with Crippen molar-refractivity contribution in [2.45, 2.75) is 19.9 Å². The average Bonchev–Trinajstić information content (AvgIpc) is 2.98. The number of hydrogen-bond donors (Lipinski definition) is 2. The molecule has 6 heteroatoms. The standard InChI is InChI=1S/C17H25N5O/c1-4-18-17(19-10-9-14-11-21-22(2)13-14)20-12-15-7-5-6-8-16(15)23-3/h5-8,11,13H,4,9-10,12H2,1-3H3,(H2,18,19,20). The van der Waals surface area contributed by atoms with Gasteiger partial charge in [-0.25, -0.2) is 4.99 Å². The first kappa shape index (κ1) is 16.9. The summed E-state index contributed by atoms with van der Waals surface area (Å²) < 4.78 is 7.18. The topological polar surface area (TPSA) is 63.5 Å². The van der Waals surface area contributed by atoms with Crippen molar-refractivity contribution in [2.75, 3.05) is 20.2 Å². The number of aromatic nitrogens is 2. The van der Waals surface area contributed by atoms with Crippen molar-refractivity contribution in [1.82, 2.24) is 20.4 Å². The number of methoxy groups -OCH3 is 1. The summed E-state index contributed by atoms with van der Waals surface area (Å²) >= 11 is 0. The zero-order valence-corrected chi connectivity index (χ0v) is 14.0. The summed E-state index contributed by atoms with van der Waals surface area (Å²) in [6.07, 6.45) is 4.83. The molecule has 0 bridgehead atoms. The van der Waals surface area contributed by atoms with Gasteiger partial charge in [0.1, 0.15) is 5.75 Å². The molecule has 1 heterocycles. The van der Waals surface area contributed by atoms with E-state index in [4.69, 9.17) is 4.74 Å². The number of ether oxygens (including phenoxy) is 1. The van der Waals surface area contributed by atoms with Crippen LogP contribution in [0.2, 0.25) is 0 Å². The molecule has 0 aliphatic carbocycles. The molecule has 23 heavy (non-hydrogen) atoms. The third-order valence-electron chi connectivity index (χ3n) is 3.41. The van der Waals surface area contributed by atoms with Crippen molar-refractivity contribution < 1.29 is 4.74 Å². The second kappa shape index (κ2) is 8.82. The van der Waals surface area contributed by atoms with Gasteiger partial charge in [0.05, 0.1) is 19.9 Å². The molecule has 0 radical (unpaired) electrons. The summed E-state index contributed by atoms with van der Waals surface area (Å²) in [6.45, 7) is 4.27. The van der Waals surface area contributed by atoms with Crippen LogP contribution in [0.4, 0.5) is 0 Å². The minimum Gasteiger partial charge on any atom is -0.496 e. The fraction of sp³-hybridized carbons (Fsp3) is 0.412. The Labute approximate surface area is 137 Å². The molecule has 124 valence electrons. The predicted octanol–water partition coefficient (Wildman–Crippen LogP) is 1.73. The summed E-state index contributed by atoms with van der Waals surface area (Å²) in [6, 6.07) is 7.94. The zero-order valence-electron chi connectivity index (χ0n) is 14.0. The van der Waals surface area contributed by atoms with Crippen LogP contribution in [0.3, 0.4) is 0 Å². The van der Waals surface area contributed by atoms with Gasteiger partial charge in [-0.15, -0.1) is 0 Å². The quantitative estimate of drug-likeness (QED) is 0.603. The molecule has 0 amide bonds. The highest BCUT2D eigenvalue weighted by atomic mass is 16.5. The molecule has 0 fully saturated rings.